The molecule has 0 atom stereocenters. The Labute approximate surface area is 163 Å². The van der Waals surface area contributed by atoms with Crippen molar-refractivity contribution in [3.8, 4) is 16.2 Å². The predicted octanol–water partition coefficient (Wildman–Crippen LogP) is 3.24. The molecule has 0 aliphatic heterocycles. The molecule has 0 radical (unpaired) electrons. The number of aryl methyl sites for hydroxylation is 1. The van der Waals surface area contributed by atoms with Crippen molar-refractivity contribution in [1.82, 2.24) is 20.4 Å². The van der Waals surface area contributed by atoms with Gasteiger partial charge in [-0.15, -0.1) is 11.3 Å². The van der Waals surface area contributed by atoms with Crippen molar-refractivity contribution < 1.29 is 9.53 Å². The zero-order valence-electron chi connectivity index (χ0n) is 15.6. The molecule has 2 heterocycles. The van der Waals surface area contributed by atoms with Crippen LogP contribution in [0.1, 0.15) is 10.4 Å². The maximum absolute atomic E-state index is 11.9. The van der Waals surface area contributed by atoms with Gasteiger partial charge >= 0.3 is 6.03 Å². The number of carbonyl (C=O) groups is 1. The van der Waals surface area contributed by atoms with Crippen molar-refractivity contribution in [1.29, 1.82) is 0 Å². The van der Waals surface area contributed by atoms with Gasteiger partial charge in [0, 0.05) is 41.7 Å². The van der Waals surface area contributed by atoms with Crippen molar-refractivity contribution in [2.45, 2.75) is 12.8 Å². The number of hydrogen-bond acceptors (Lipinski definition) is 4. The quantitative estimate of drug-likeness (QED) is 0.626. The highest BCUT2D eigenvalue weighted by Gasteiger charge is 2.06. The van der Waals surface area contributed by atoms with Crippen molar-refractivity contribution in [3.63, 3.8) is 0 Å². The summed E-state index contributed by atoms with van der Waals surface area (Å²) in [6.45, 7) is 1.21. The summed E-state index contributed by atoms with van der Waals surface area (Å²) in [5, 5.41) is 10.00. The van der Waals surface area contributed by atoms with E-state index in [1.807, 2.05) is 43.7 Å². The summed E-state index contributed by atoms with van der Waals surface area (Å²) in [5.74, 6) is 0.838. The molecule has 0 unspecified atom stereocenters. The minimum Gasteiger partial charge on any atom is -0.497 e. The lowest BCUT2D eigenvalue weighted by molar-refractivity contribution is 0.241. The fourth-order valence-corrected chi connectivity index (χ4v) is 3.67. The SMILES string of the molecule is COc1ccc(CCNC(=O)NCCc2ccc(-c3cnn(C)c3)s2)cc1. The molecule has 2 aromatic heterocycles. The smallest absolute Gasteiger partial charge is 0.314 e. The molecule has 3 rings (SSSR count). The number of rotatable bonds is 8. The van der Waals surface area contributed by atoms with Crippen LogP contribution in [0, 0.1) is 0 Å². The first-order valence-electron chi connectivity index (χ1n) is 8.86. The standard InChI is InChI=1S/C20H24N4O2S/c1-24-14-16(13-23-24)19-8-7-18(27-19)10-12-22-20(25)21-11-9-15-3-5-17(26-2)6-4-15/h3-8,13-14H,9-12H2,1-2H3,(H2,21,22,25). The topological polar surface area (TPSA) is 68.2 Å². The molecule has 0 aliphatic carbocycles. The third-order valence-corrected chi connectivity index (χ3v) is 5.36. The number of aromatic nitrogens is 2. The van der Waals surface area contributed by atoms with Gasteiger partial charge in [0.05, 0.1) is 13.3 Å². The molecule has 2 amide bonds. The van der Waals surface area contributed by atoms with E-state index in [9.17, 15) is 4.79 Å². The molecule has 0 saturated heterocycles. The van der Waals surface area contributed by atoms with Gasteiger partial charge in [-0.2, -0.15) is 5.10 Å². The molecule has 0 saturated carbocycles. The van der Waals surface area contributed by atoms with Gasteiger partial charge in [0.1, 0.15) is 5.75 Å². The summed E-state index contributed by atoms with van der Waals surface area (Å²) in [5.41, 5.74) is 2.29. The highest BCUT2D eigenvalue weighted by Crippen LogP contribution is 2.27. The fraction of sp³-hybridized carbons (Fsp3) is 0.300. The number of amides is 2. The van der Waals surface area contributed by atoms with Crippen LogP contribution in [0.2, 0.25) is 0 Å². The average Bonchev–Trinajstić information content (AvgIpc) is 3.31. The van der Waals surface area contributed by atoms with Crippen LogP contribution in [0.4, 0.5) is 4.79 Å². The minimum absolute atomic E-state index is 0.132. The molecule has 0 fully saturated rings. The molecule has 0 aliphatic rings. The predicted molar refractivity (Wildman–Crippen MR) is 108 cm³/mol. The summed E-state index contributed by atoms with van der Waals surface area (Å²) < 4.78 is 6.94. The lowest BCUT2D eigenvalue weighted by Gasteiger charge is -2.07. The number of ether oxygens (including phenoxy) is 1. The van der Waals surface area contributed by atoms with E-state index in [1.165, 1.54) is 9.75 Å². The number of carbonyl (C=O) groups excluding carboxylic acids is 1. The van der Waals surface area contributed by atoms with Crippen LogP contribution >= 0.6 is 11.3 Å². The van der Waals surface area contributed by atoms with Gasteiger partial charge < -0.3 is 15.4 Å². The van der Waals surface area contributed by atoms with Crippen LogP contribution in [0.15, 0.2) is 48.8 Å². The summed E-state index contributed by atoms with van der Waals surface area (Å²) in [6.07, 6.45) is 5.47. The van der Waals surface area contributed by atoms with Crippen LogP contribution in [0.5, 0.6) is 5.75 Å². The Bertz CT molecular complexity index is 870. The zero-order valence-corrected chi connectivity index (χ0v) is 16.4. The van der Waals surface area contributed by atoms with Crippen LogP contribution in [-0.4, -0.2) is 36.0 Å². The molecule has 0 spiro atoms. The average molecular weight is 385 g/mol. The van der Waals surface area contributed by atoms with Gasteiger partial charge in [-0.25, -0.2) is 4.79 Å². The van der Waals surface area contributed by atoms with Gasteiger partial charge in [0.25, 0.3) is 0 Å². The van der Waals surface area contributed by atoms with Gasteiger partial charge in [0.2, 0.25) is 0 Å². The van der Waals surface area contributed by atoms with Crippen molar-refractivity contribution in [3.05, 3.63) is 59.2 Å². The van der Waals surface area contributed by atoms with Gasteiger partial charge in [-0.05, 0) is 42.7 Å². The van der Waals surface area contributed by atoms with E-state index in [0.717, 1.165) is 29.7 Å². The second kappa shape index (κ2) is 9.23. The molecular weight excluding hydrogens is 360 g/mol. The molecule has 6 nitrogen and oxygen atoms in total. The van der Waals surface area contributed by atoms with Crippen LogP contribution in [0.25, 0.3) is 10.4 Å². The lowest BCUT2D eigenvalue weighted by atomic mass is 10.1. The molecule has 0 bridgehead atoms. The number of thiophene rings is 1. The Kier molecular flexibility index (Phi) is 6.49. The monoisotopic (exact) mass is 384 g/mol. The Balaban J connectivity index is 1.35. The first-order chi connectivity index (χ1) is 13.1. The Morgan fingerprint density at radius 1 is 1.11 bits per heavy atom. The van der Waals surface area contributed by atoms with E-state index in [-0.39, 0.29) is 6.03 Å². The molecule has 7 heteroatoms. The molecule has 3 aromatic rings. The Morgan fingerprint density at radius 2 is 1.85 bits per heavy atom. The zero-order chi connectivity index (χ0) is 19.1. The van der Waals surface area contributed by atoms with Gasteiger partial charge in [0.15, 0.2) is 0 Å². The van der Waals surface area contributed by atoms with Crippen LogP contribution in [0.3, 0.4) is 0 Å². The van der Waals surface area contributed by atoms with Gasteiger partial charge in [-0.3, -0.25) is 4.68 Å². The minimum atomic E-state index is -0.132. The number of benzene rings is 1. The fourth-order valence-electron chi connectivity index (χ4n) is 2.69. The molecule has 1 aromatic carbocycles. The van der Waals surface area contributed by atoms with E-state index >= 15 is 0 Å². The summed E-state index contributed by atoms with van der Waals surface area (Å²) in [4.78, 5) is 14.3. The summed E-state index contributed by atoms with van der Waals surface area (Å²) in [6, 6.07) is 12.0. The second-order valence-electron chi connectivity index (χ2n) is 6.20. The van der Waals surface area contributed by atoms with E-state index in [4.69, 9.17) is 4.74 Å². The van der Waals surface area contributed by atoms with Crippen molar-refractivity contribution in [2.75, 3.05) is 20.2 Å². The Hall–Kier alpha value is -2.80. The highest BCUT2D eigenvalue weighted by molar-refractivity contribution is 7.15. The maximum Gasteiger partial charge on any atom is 0.314 e. The summed E-state index contributed by atoms with van der Waals surface area (Å²) >= 11 is 1.73. The number of urea groups is 1. The third-order valence-electron chi connectivity index (χ3n) is 4.17. The number of hydrogen-bond donors (Lipinski definition) is 2. The number of nitrogens with zero attached hydrogens (tertiary/aromatic N) is 2. The Morgan fingerprint density at radius 3 is 2.52 bits per heavy atom. The van der Waals surface area contributed by atoms with E-state index in [0.29, 0.717) is 13.1 Å². The second-order valence-corrected chi connectivity index (χ2v) is 7.37. The number of nitrogens with one attached hydrogen (secondary N) is 2. The van der Waals surface area contributed by atoms with Crippen LogP contribution < -0.4 is 15.4 Å². The van der Waals surface area contributed by atoms with Crippen molar-refractivity contribution >= 4 is 17.4 Å². The highest BCUT2D eigenvalue weighted by atomic mass is 32.1. The molecule has 27 heavy (non-hydrogen) atoms. The largest absolute Gasteiger partial charge is 0.497 e. The van der Waals surface area contributed by atoms with Crippen molar-refractivity contribution in [2.24, 2.45) is 7.05 Å². The first kappa shape index (κ1) is 19.0. The molecular formula is C20H24N4O2S. The van der Waals surface area contributed by atoms with E-state index in [1.54, 1.807) is 23.1 Å². The maximum atomic E-state index is 11.9. The van der Waals surface area contributed by atoms with E-state index < -0.39 is 0 Å². The van der Waals surface area contributed by atoms with Crippen LogP contribution in [-0.2, 0) is 19.9 Å². The summed E-state index contributed by atoms with van der Waals surface area (Å²) in [7, 11) is 3.56. The first-order valence-corrected chi connectivity index (χ1v) is 9.68. The molecule has 2 N–H and O–H groups in total. The normalized spacial score (nSPS) is 10.6. The van der Waals surface area contributed by atoms with Gasteiger partial charge in [-0.1, -0.05) is 12.1 Å². The lowest BCUT2D eigenvalue weighted by Crippen LogP contribution is -2.37. The van der Waals surface area contributed by atoms with E-state index in [2.05, 4.69) is 27.9 Å². The number of methoxy groups -OCH3 is 1. The third kappa shape index (κ3) is 5.59. The molecule has 142 valence electrons.